The number of nitrogens with zero attached hydrogens (tertiary/aromatic N) is 5. The highest BCUT2D eigenvalue weighted by molar-refractivity contribution is 5.90. The van der Waals surface area contributed by atoms with Crippen LogP contribution in [0.5, 0.6) is 11.5 Å². The number of fused-ring (bicyclic) bond motifs is 1. The van der Waals surface area contributed by atoms with Gasteiger partial charge in [0.1, 0.15) is 37.0 Å². The van der Waals surface area contributed by atoms with Crippen LogP contribution in [0.1, 0.15) is 0 Å². The summed E-state index contributed by atoms with van der Waals surface area (Å²) in [4.78, 5) is 29.6. The minimum absolute atomic E-state index is 0.137. The van der Waals surface area contributed by atoms with Gasteiger partial charge in [0.05, 0.1) is 0 Å². The molecule has 0 radical (unpaired) electrons. The van der Waals surface area contributed by atoms with Crippen LogP contribution in [0.15, 0.2) is 55.0 Å². The quantitative estimate of drug-likeness (QED) is 0.647. The fourth-order valence-electron chi connectivity index (χ4n) is 3.62. The molecule has 1 fully saturated rings. The van der Waals surface area contributed by atoms with Crippen LogP contribution in [0.2, 0.25) is 0 Å². The molecular weight excluding hydrogens is 410 g/mol. The van der Waals surface area contributed by atoms with Gasteiger partial charge in [0.2, 0.25) is 0 Å². The predicted octanol–water partition coefficient (Wildman–Crippen LogP) is 2.74. The third-order valence-corrected chi connectivity index (χ3v) is 5.26. The van der Waals surface area contributed by atoms with E-state index >= 15 is 0 Å². The van der Waals surface area contributed by atoms with Crippen LogP contribution in [0.25, 0.3) is 0 Å². The summed E-state index contributed by atoms with van der Waals surface area (Å²) in [6, 6.07) is 12.8. The van der Waals surface area contributed by atoms with Crippen molar-refractivity contribution < 1.29 is 14.3 Å². The van der Waals surface area contributed by atoms with E-state index in [1.165, 1.54) is 6.33 Å². The SMILES string of the molecule is O=C(Nc1ccc2c(c1)OCCO2)N1CCN(c2cc(Nc3ccccn3)ncn2)CC1. The van der Waals surface area contributed by atoms with Gasteiger partial charge in [0.15, 0.2) is 11.5 Å². The lowest BCUT2D eigenvalue weighted by Crippen LogP contribution is -2.50. The maximum atomic E-state index is 12.7. The van der Waals surface area contributed by atoms with Crippen LogP contribution in [-0.2, 0) is 0 Å². The van der Waals surface area contributed by atoms with Crippen molar-refractivity contribution in [3.63, 3.8) is 0 Å². The average molecular weight is 433 g/mol. The molecule has 3 aromatic rings. The standard InChI is InChI=1S/C22H23N7O3/c30-22(26-16-4-5-17-18(13-16)32-12-11-31-17)29-9-7-28(8-10-29)21-14-20(24-15-25-21)27-19-3-1-2-6-23-19/h1-6,13-15H,7-12H2,(H,26,30)(H,23,24,25,27). The fraction of sp³-hybridized carbons (Fsp3) is 0.273. The van der Waals surface area contributed by atoms with Crippen molar-refractivity contribution in [2.45, 2.75) is 0 Å². The number of piperazine rings is 1. The lowest BCUT2D eigenvalue weighted by molar-refractivity contribution is 0.171. The van der Waals surface area contributed by atoms with E-state index in [0.717, 1.165) is 11.6 Å². The molecule has 5 rings (SSSR count). The molecule has 2 N–H and O–H groups in total. The molecule has 10 nitrogen and oxygen atoms in total. The molecule has 2 aliphatic heterocycles. The molecule has 1 aromatic carbocycles. The van der Waals surface area contributed by atoms with E-state index in [9.17, 15) is 4.79 Å². The monoisotopic (exact) mass is 433 g/mol. The van der Waals surface area contributed by atoms with E-state index in [1.54, 1.807) is 17.2 Å². The van der Waals surface area contributed by atoms with Crippen molar-refractivity contribution in [3.05, 3.63) is 55.0 Å². The van der Waals surface area contributed by atoms with Crippen LogP contribution < -0.4 is 25.0 Å². The summed E-state index contributed by atoms with van der Waals surface area (Å²) < 4.78 is 11.1. The molecule has 4 heterocycles. The van der Waals surface area contributed by atoms with E-state index in [4.69, 9.17) is 9.47 Å². The first-order valence-electron chi connectivity index (χ1n) is 10.5. The number of nitrogens with one attached hydrogen (secondary N) is 2. The maximum absolute atomic E-state index is 12.7. The zero-order valence-electron chi connectivity index (χ0n) is 17.4. The minimum atomic E-state index is -0.137. The topological polar surface area (TPSA) is 105 Å². The van der Waals surface area contributed by atoms with Gasteiger partial charge >= 0.3 is 6.03 Å². The molecule has 0 bridgehead atoms. The second-order valence-electron chi connectivity index (χ2n) is 7.36. The van der Waals surface area contributed by atoms with E-state index in [-0.39, 0.29) is 6.03 Å². The molecule has 2 amide bonds. The Hall–Kier alpha value is -4.08. The summed E-state index contributed by atoms with van der Waals surface area (Å²) in [6.45, 7) is 3.57. The molecule has 1 saturated heterocycles. The first-order chi connectivity index (χ1) is 15.7. The molecule has 0 spiro atoms. The smallest absolute Gasteiger partial charge is 0.321 e. The Balaban J connectivity index is 1.17. The fourth-order valence-corrected chi connectivity index (χ4v) is 3.62. The van der Waals surface area contributed by atoms with Crippen molar-refractivity contribution in [3.8, 4) is 11.5 Å². The lowest BCUT2D eigenvalue weighted by atomic mass is 10.2. The first kappa shape index (κ1) is 19.9. The number of urea groups is 1. The van der Waals surface area contributed by atoms with Crippen LogP contribution >= 0.6 is 0 Å². The molecule has 0 unspecified atom stereocenters. The van der Waals surface area contributed by atoms with E-state index in [2.05, 4.69) is 30.5 Å². The maximum Gasteiger partial charge on any atom is 0.321 e. The van der Waals surface area contributed by atoms with Crippen molar-refractivity contribution in [2.24, 2.45) is 0 Å². The Kier molecular flexibility index (Phi) is 5.56. The van der Waals surface area contributed by atoms with Crippen LogP contribution in [0.4, 0.5) is 27.9 Å². The number of carbonyl (C=O) groups is 1. The normalized spacial score (nSPS) is 15.2. The first-order valence-corrected chi connectivity index (χ1v) is 10.5. The summed E-state index contributed by atoms with van der Waals surface area (Å²) in [5.74, 6) is 3.55. The third-order valence-electron chi connectivity index (χ3n) is 5.26. The van der Waals surface area contributed by atoms with Crippen molar-refractivity contribution >= 4 is 29.2 Å². The van der Waals surface area contributed by atoms with Crippen LogP contribution in [-0.4, -0.2) is 65.3 Å². The van der Waals surface area contributed by atoms with Gasteiger partial charge in [0, 0.05) is 50.2 Å². The largest absolute Gasteiger partial charge is 0.486 e. The van der Waals surface area contributed by atoms with Gasteiger partial charge < -0.3 is 29.9 Å². The molecule has 164 valence electrons. The highest BCUT2D eigenvalue weighted by Crippen LogP contribution is 2.32. The molecule has 2 aliphatic rings. The number of hydrogen-bond acceptors (Lipinski definition) is 8. The predicted molar refractivity (Wildman–Crippen MR) is 120 cm³/mol. The van der Waals surface area contributed by atoms with E-state index < -0.39 is 0 Å². The molecule has 0 saturated carbocycles. The number of amides is 2. The Morgan fingerprint density at radius 2 is 1.72 bits per heavy atom. The van der Waals surface area contributed by atoms with Crippen LogP contribution in [0.3, 0.4) is 0 Å². The molecule has 10 heteroatoms. The zero-order chi connectivity index (χ0) is 21.8. The molecule has 0 aliphatic carbocycles. The second-order valence-corrected chi connectivity index (χ2v) is 7.36. The summed E-state index contributed by atoms with van der Waals surface area (Å²) in [7, 11) is 0. The number of anilines is 4. The van der Waals surface area contributed by atoms with Gasteiger partial charge in [-0.15, -0.1) is 0 Å². The van der Waals surface area contributed by atoms with E-state index in [0.29, 0.717) is 62.4 Å². The number of rotatable bonds is 4. The summed E-state index contributed by atoms with van der Waals surface area (Å²) in [5, 5.41) is 6.12. The lowest BCUT2D eigenvalue weighted by Gasteiger charge is -2.35. The Morgan fingerprint density at radius 1 is 0.875 bits per heavy atom. The van der Waals surface area contributed by atoms with E-state index in [1.807, 2.05) is 36.4 Å². The number of pyridine rings is 1. The number of aromatic nitrogens is 3. The van der Waals surface area contributed by atoms with Crippen molar-refractivity contribution in [2.75, 3.05) is 54.9 Å². The average Bonchev–Trinajstić information content (AvgIpc) is 2.85. The minimum Gasteiger partial charge on any atom is -0.486 e. The van der Waals surface area contributed by atoms with Gasteiger partial charge in [-0.2, -0.15) is 0 Å². The molecular formula is C22H23N7O3. The number of hydrogen-bond donors (Lipinski definition) is 2. The number of carbonyl (C=O) groups excluding carboxylic acids is 1. The van der Waals surface area contributed by atoms with Gasteiger partial charge in [-0.25, -0.2) is 19.7 Å². The van der Waals surface area contributed by atoms with Crippen LogP contribution in [0, 0.1) is 0 Å². The van der Waals surface area contributed by atoms with Gasteiger partial charge in [-0.05, 0) is 24.3 Å². The highest BCUT2D eigenvalue weighted by Gasteiger charge is 2.23. The zero-order valence-corrected chi connectivity index (χ0v) is 17.4. The third kappa shape index (κ3) is 4.48. The second kappa shape index (κ2) is 8.96. The number of ether oxygens (including phenoxy) is 2. The summed E-state index contributed by atoms with van der Waals surface area (Å²) in [5.41, 5.74) is 0.683. The number of benzene rings is 1. The van der Waals surface area contributed by atoms with Gasteiger partial charge in [-0.1, -0.05) is 6.07 Å². The van der Waals surface area contributed by atoms with Gasteiger partial charge in [0.25, 0.3) is 0 Å². The highest BCUT2D eigenvalue weighted by atomic mass is 16.6. The van der Waals surface area contributed by atoms with Gasteiger partial charge in [-0.3, -0.25) is 0 Å². The molecule has 0 atom stereocenters. The Bertz CT molecular complexity index is 1090. The van der Waals surface area contributed by atoms with Crippen molar-refractivity contribution in [1.82, 2.24) is 19.9 Å². The Labute approximate surface area is 185 Å². The Morgan fingerprint density at radius 3 is 2.53 bits per heavy atom. The molecule has 32 heavy (non-hydrogen) atoms. The summed E-state index contributed by atoms with van der Waals surface area (Å²) in [6.07, 6.45) is 3.25. The molecule has 2 aromatic heterocycles. The van der Waals surface area contributed by atoms with Crippen molar-refractivity contribution in [1.29, 1.82) is 0 Å². The summed E-state index contributed by atoms with van der Waals surface area (Å²) >= 11 is 0.